The highest BCUT2D eigenvalue weighted by Crippen LogP contribution is 2.22. The van der Waals surface area contributed by atoms with Gasteiger partial charge in [0.25, 0.3) is 5.91 Å². The summed E-state index contributed by atoms with van der Waals surface area (Å²) in [6, 6.07) is 5.33. The monoisotopic (exact) mass is 318 g/mol. The fourth-order valence-electron chi connectivity index (χ4n) is 1.47. The minimum atomic E-state index is -4.11. The van der Waals surface area contributed by atoms with E-state index < -0.39 is 26.6 Å². The largest absolute Gasteiger partial charge is 0.440 e. The summed E-state index contributed by atoms with van der Waals surface area (Å²) < 4.78 is 40.7. The topological polar surface area (TPSA) is 102 Å². The van der Waals surface area contributed by atoms with Crippen LogP contribution in [-0.2, 0) is 10.0 Å². The summed E-state index contributed by atoms with van der Waals surface area (Å²) in [6.45, 7) is 0. The fourth-order valence-corrected chi connectivity index (χ4v) is 2.29. The number of anilines is 1. The third kappa shape index (κ3) is 3.16. The molecule has 9 heteroatoms. The molecule has 0 radical (unpaired) electrons. The maximum atomic E-state index is 13.2. The Morgan fingerprint density at radius 3 is 2.55 bits per heavy atom. The van der Waals surface area contributed by atoms with Crippen LogP contribution >= 0.6 is 11.6 Å². The Morgan fingerprint density at radius 2 is 2.00 bits per heavy atom. The van der Waals surface area contributed by atoms with Crippen molar-refractivity contribution in [2.24, 2.45) is 5.14 Å². The zero-order chi connectivity index (χ0) is 14.9. The molecule has 20 heavy (non-hydrogen) atoms. The van der Waals surface area contributed by atoms with Crippen LogP contribution in [0.2, 0.25) is 5.22 Å². The van der Waals surface area contributed by atoms with Gasteiger partial charge in [0.15, 0.2) is 11.0 Å². The first-order valence-electron chi connectivity index (χ1n) is 5.16. The van der Waals surface area contributed by atoms with Crippen molar-refractivity contribution in [3.8, 4) is 0 Å². The quantitative estimate of drug-likeness (QED) is 0.903. The molecule has 0 spiro atoms. The molecule has 0 saturated carbocycles. The number of amides is 1. The van der Waals surface area contributed by atoms with Crippen molar-refractivity contribution in [2.75, 3.05) is 5.32 Å². The van der Waals surface area contributed by atoms with Crippen molar-refractivity contribution in [3.05, 3.63) is 47.1 Å². The number of hydrogen-bond acceptors (Lipinski definition) is 4. The molecule has 2 aromatic rings. The lowest BCUT2D eigenvalue weighted by molar-refractivity contribution is 0.0996. The lowest BCUT2D eigenvalue weighted by Gasteiger charge is -2.08. The van der Waals surface area contributed by atoms with Crippen molar-refractivity contribution in [2.45, 2.75) is 4.90 Å². The van der Waals surface area contributed by atoms with E-state index in [1.165, 1.54) is 12.1 Å². The number of nitrogens with two attached hydrogens (primary N) is 1. The summed E-state index contributed by atoms with van der Waals surface area (Å²) in [5, 5.41) is 7.16. The molecule has 0 atom stereocenters. The average molecular weight is 319 g/mol. The summed E-state index contributed by atoms with van der Waals surface area (Å²) in [6.07, 6.45) is 0. The normalized spacial score (nSPS) is 11.3. The maximum absolute atomic E-state index is 13.2. The lowest BCUT2D eigenvalue weighted by Crippen LogP contribution is -2.18. The molecule has 2 rings (SSSR count). The second kappa shape index (κ2) is 5.23. The molecule has 0 saturated heterocycles. The van der Waals surface area contributed by atoms with Crippen LogP contribution in [0.4, 0.5) is 10.1 Å². The number of halogens is 2. The molecule has 6 nitrogen and oxygen atoms in total. The van der Waals surface area contributed by atoms with Crippen molar-refractivity contribution in [3.63, 3.8) is 0 Å². The first-order chi connectivity index (χ1) is 9.27. The number of hydrogen-bond donors (Lipinski definition) is 2. The van der Waals surface area contributed by atoms with E-state index in [1.807, 2.05) is 0 Å². The molecule has 106 valence electrons. The number of carbonyl (C=O) groups excluding carboxylic acids is 1. The second-order valence-electron chi connectivity index (χ2n) is 3.74. The van der Waals surface area contributed by atoms with Gasteiger partial charge in [0.2, 0.25) is 10.0 Å². The highest BCUT2D eigenvalue weighted by molar-refractivity contribution is 7.89. The number of sulfonamides is 1. The Bertz CT molecular complexity index is 772. The molecule has 3 N–H and O–H groups in total. The van der Waals surface area contributed by atoms with Crippen molar-refractivity contribution in [1.82, 2.24) is 0 Å². The van der Waals surface area contributed by atoms with Gasteiger partial charge in [-0.15, -0.1) is 0 Å². The Balaban J connectivity index is 2.38. The summed E-state index contributed by atoms with van der Waals surface area (Å²) in [5.41, 5.74) is -0.287. The first kappa shape index (κ1) is 14.5. The standard InChI is InChI=1S/C11H8ClFN2O4S/c12-10-4-2-8(19-10)11(16)15-7-5-6(13)1-3-9(7)20(14,17)18/h1-5H,(H,15,16)(H2,14,17,18). The number of primary sulfonamides is 1. The van der Waals surface area contributed by atoms with Gasteiger partial charge < -0.3 is 9.73 Å². The average Bonchev–Trinajstić information content (AvgIpc) is 2.74. The van der Waals surface area contributed by atoms with E-state index in [4.69, 9.17) is 21.2 Å². The summed E-state index contributed by atoms with van der Waals surface area (Å²) in [5.74, 6) is -1.67. The molecule has 0 fully saturated rings. The highest BCUT2D eigenvalue weighted by Gasteiger charge is 2.18. The molecule has 1 heterocycles. The zero-order valence-electron chi connectivity index (χ0n) is 9.76. The highest BCUT2D eigenvalue weighted by atomic mass is 35.5. The van der Waals surface area contributed by atoms with Crippen LogP contribution in [0.1, 0.15) is 10.6 Å². The van der Waals surface area contributed by atoms with Crippen LogP contribution in [0.15, 0.2) is 39.6 Å². The maximum Gasteiger partial charge on any atom is 0.291 e. The summed E-state index contributed by atoms with van der Waals surface area (Å²) in [4.78, 5) is 11.4. The number of rotatable bonds is 3. The molecule has 0 aliphatic carbocycles. The lowest BCUT2D eigenvalue weighted by atomic mass is 10.3. The van der Waals surface area contributed by atoms with Gasteiger partial charge in [0.05, 0.1) is 5.69 Å². The van der Waals surface area contributed by atoms with E-state index in [-0.39, 0.29) is 16.7 Å². The van der Waals surface area contributed by atoms with Gasteiger partial charge in [0, 0.05) is 0 Å². The van der Waals surface area contributed by atoms with Gasteiger partial charge in [-0.2, -0.15) is 0 Å². The molecule has 1 aromatic carbocycles. The second-order valence-corrected chi connectivity index (χ2v) is 5.65. The summed E-state index contributed by atoms with van der Waals surface area (Å²) in [7, 11) is -4.11. The van der Waals surface area contributed by atoms with Gasteiger partial charge in [-0.05, 0) is 41.9 Å². The molecule has 1 amide bonds. The third-order valence-corrected chi connectivity index (χ3v) is 3.47. The molecule has 0 bridgehead atoms. The van der Waals surface area contributed by atoms with Crippen LogP contribution in [0.3, 0.4) is 0 Å². The van der Waals surface area contributed by atoms with Crippen LogP contribution in [0.25, 0.3) is 0 Å². The van der Waals surface area contributed by atoms with Crippen molar-refractivity contribution in [1.29, 1.82) is 0 Å². The Hall–Kier alpha value is -1.90. The first-order valence-corrected chi connectivity index (χ1v) is 7.09. The number of furan rings is 1. The minimum Gasteiger partial charge on any atom is -0.440 e. The van der Waals surface area contributed by atoms with Gasteiger partial charge >= 0.3 is 0 Å². The third-order valence-electron chi connectivity index (χ3n) is 2.29. The number of nitrogens with one attached hydrogen (secondary N) is 1. The van der Waals surface area contributed by atoms with Gasteiger partial charge in [-0.25, -0.2) is 17.9 Å². The molecular weight excluding hydrogens is 311 g/mol. The smallest absolute Gasteiger partial charge is 0.291 e. The van der Waals surface area contributed by atoms with Crippen LogP contribution < -0.4 is 10.5 Å². The Labute approximate surface area is 118 Å². The van der Waals surface area contributed by atoms with E-state index in [0.717, 1.165) is 18.2 Å². The predicted molar refractivity (Wildman–Crippen MR) is 69.4 cm³/mol. The van der Waals surface area contributed by atoms with Crippen LogP contribution in [0.5, 0.6) is 0 Å². The van der Waals surface area contributed by atoms with E-state index >= 15 is 0 Å². The predicted octanol–water partition coefficient (Wildman–Crippen LogP) is 1.97. The molecule has 0 aliphatic rings. The van der Waals surface area contributed by atoms with Gasteiger partial charge in [-0.1, -0.05) is 0 Å². The van der Waals surface area contributed by atoms with E-state index in [0.29, 0.717) is 0 Å². The zero-order valence-corrected chi connectivity index (χ0v) is 11.3. The Morgan fingerprint density at radius 1 is 1.30 bits per heavy atom. The van der Waals surface area contributed by atoms with E-state index in [1.54, 1.807) is 0 Å². The number of benzene rings is 1. The SMILES string of the molecule is NS(=O)(=O)c1ccc(F)cc1NC(=O)c1ccc(Cl)o1. The number of carbonyl (C=O) groups is 1. The summed E-state index contributed by atoms with van der Waals surface area (Å²) >= 11 is 5.51. The van der Waals surface area contributed by atoms with E-state index in [9.17, 15) is 17.6 Å². The van der Waals surface area contributed by atoms with Gasteiger partial charge in [-0.3, -0.25) is 4.79 Å². The van der Waals surface area contributed by atoms with Crippen LogP contribution in [-0.4, -0.2) is 14.3 Å². The minimum absolute atomic E-state index is 0.0129. The fraction of sp³-hybridized carbons (Fsp3) is 0. The molecule has 0 unspecified atom stereocenters. The van der Waals surface area contributed by atoms with E-state index in [2.05, 4.69) is 5.32 Å². The van der Waals surface area contributed by atoms with Crippen molar-refractivity contribution >= 4 is 33.2 Å². The Kier molecular flexibility index (Phi) is 3.80. The molecule has 1 aromatic heterocycles. The van der Waals surface area contributed by atoms with Crippen LogP contribution in [0, 0.1) is 5.82 Å². The van der Waals surface area contributed by atoms with Crippen molar-refractivity contribution < 1.29 is 22.0 Å². The van der Waals surface area contributed by atoms with Gasteiger partial charge in [0.1, 0.15) is 10.7 Å². The molecule has 0 aliphatic heterocycles. The molecular formula is C11H8ClFN2O4S.